The molecule has 4 heteroatoms. The number of nitrogens with zero attached hydrogens (tertiary/aromatic N) is 2. The summed E-state index contributed by atoms with van der Waals surface area (Å²) in [5.41, 5.74) is 2.24. The molecule has 1 saturated heterocycles. The molecule has 0 aromatic heterocycles. The molecule has 0 aliphatic carbocycles. The Hall–Kier alpha value is -1.26. The molecule has 2 N–H and O–H groups in total. The molecule has 0 atom stereocenters. The minimum atomic E-state index is 0.808. The summed E-state index contributed by atoms with van der Waals surface area (Å²) in [7, 11) is 1.85. The molecule has 1 aromatic carbocycles. The van der Waals surface area contributed by atoms with E-state index < -0.39 is 0 Å². The van der Waals surface area contributed by atoms with Gasteiger partial charge in [-0.1, -0.05) is 6.07 Å². The molecule has 0 radical (unpaired) electrons. The molecule has 15 heavy (non-hydrogen) atoms. The van der Waals surface area contributed by atoms with Crippen molar-refractivity contribution in [1.82, 2.24) is 0 Å². The molecule has 1 aromatic rings. The number of hydrogen-bond acceptors (Lipinski definition) is 4. The predicted molar refractivity (Wildman–Crippen MR) is 62.1 cm³/mol. The molecule has 0 saturated carbocycles. The molecule has 1 heterocycles. The van der Waals surface area contributed by atoms with Gasteiger partial charge in [0.1, 0.15) is 0 Å². The van der Waals surface area contributed by atoms with Gasteiger partial charge in [-0.05, 0) is 18.2 Å². The van der Waals surface area contributed by atoms with Gasteiger partial charge >= 0.3 is 0 Å². The first-order valence-corrected chi connectivity index (χ1v) is 5.18. The van der Waals surface area contributed by atoms with E-state index >= 15 is 0 Å². The summed E-state index contributed by atoms with van der Waals surface area (Å²) >= 11 is 0. The summed E-state index contributed by atoms with van der Waals surface area (Å²) in [5.74, 6) is 5.70. The van der Waals surface area contributed by atoms with Gasteiger partial charge < -0.3 is 14.6 Å². The van der Waals surface area contributed by atoms with Gasteiger partial charge in [-0.25, -0.2) is 5.84 Å². The molecule has 0 unspecified atom stereocenters. The molecule has 82 valence electrons. The van der Waals surface area contributed by atoms with Crippen LogP contribution in [-0.2, 0) is 4.74 Å². The van der Waals surface area contributed by atoms with Gasteiger partial charge in [0.05, 0.1) is 18.9 Å². The normalized spacial score (nSPS) is 16.5. The maximum absolute atomic E-state index is 5.70. The van der Waals surface area contributed by atoms with E-state index in [2.05, 4.69) is 17.0 Å². The standard InChI is InChI=1S/C11H17N3O/c1-13(12)10-3-2-4-11(9-10)14-5-7-15-8-6-14/h2-4,9H,5-8,12H2,1H3. The molecular weight excluding hydrogens is 190 g/mol. The van der Waals surface area contributed by atoms with Crippen LogP contribution >= 0.6 is 0 Å². The smallest absolute Gasteiger partial charge is 0.0642 e. The Morgan fingerprint density at radius 2 is 2.07 bits per heavy atom. The van der Waals surface area contributed by atoms with Crippen molar-refractivity contribution in [2.24, 2.45) is 5.84 Å². The van der Waals surface area contributed by atoms with Crippen LogP contribution in [0.5, 0.6) is 0 Å². The molecule has 0 bridgehead atoms. The summed E-state index contributed by atoms with van der Waals surface area (Å²) < 4.78 is 5.32. The lowest BCUT2D eigenvalue weighted by Gasteiger charge is -2.29. The van der Waals surface area contributed by atoms with E-state index in [1.807, 2.05) is 19.2 Å². The lowest BCUT2D eigenvalue weighted by Crippen LogP contribution is -2.36. The van der Waals surface area contributed by atoms with Crippen LogP contribution in [0.1, 0.15) is 0 Å². The second kappa shape index (κ2) is 4.51. The number of morpholine rings is 1. The van der Waals surface area contributed by atoms with Crippen LogP contribution < -0.4 is 15.8 Å². The average molecular weight is 207 g/mol. The largest absolute Gasteiger partial charge is 0.378 e. The number of nitrogens with two attached hydrogens (primary N) is 1. The first-order valence-electron chi connectivity index (χ1n) is 5.18. The molecule has 1 fully saturated rings. The maximum Gasteiger partial charge on any atom is 0.0642 e. The van der Waals surface area contributed by atoms with Crippen molar-refractivity contribution in [2.45, 2.75) is 0 Å². The van der Waals surface area contributed by atoms with Crippen molar-refractivity contribution in [2.75, 3.05) is 43.3 Å². The van der Waals surface area contributed by atoms with Gasteiger partial charge in [0.15, 0.2) is 0 Å². The zero-order chi connectivity index (χ0) is 10.7. The van der Waals surface area contributed by atoms with Crippen LogP contribution in [0.2, 0.25) is 0 Å². The van der Waals surface area contributed by atoms with Crippen LogP contribution in [0.4, 0.5) is 11.4 Å². The second-order valence-electron chi connectivity index (χ2n) is 3.73. The first kappa shape index (κ1) is 10.3. The van der Waals surface area contributed by atoms with Crippen molar-refractivity contribution < 1.29 is 4.74 Å². The summed E-state index contributed by atoms with van der Waals surface area (Å²) in [6.07, 6.45) is 0. The molecule has 0 amide bonds. The highest BCUT2D eigenvalue weighted by Gasteiger charge is 2.11. The fraction of sp³-hybridized carbons (Fsp3) is 0.455. The van der Waals surface area contributed by atoms with E-state index in [-0.39, 0.29) is 0 Å². The van der Waals surface area contributed by atoms with Gasteiger partial charge in [-0.15, -0.1) is 0 Å². The Kier molecular flexibility index (Phi) is 3.08. The predicted octanol–water partition coefficient (Wildman–Crippen LogP) is 0.833. The minimum Gasteiger partial charge on any atom is -0.378 e. The summed E-state index contributed by atoms with van der Waals surface area (Å²) in [6, 6.07) is 8.25. The number of anilines is 2. The van der Waals surface area contributed by atoms with E-state index in [1.54, 1.807) is 5.01 Å². The SMILES string of the molecule is CN(N)c1cccc(N2CCOCC2)c1. The fourth-order valence-electron chi connectivity index (χ4n) is 1.73. The first-order chi connectivity index (χ1) is 7.27. The van der Waals surface area contributed by atoms with E-state index in [1.165, 1.54) is 5.69 Å². The van der Waals surface area contributed by atoms with Crippen molar-refractivity contribution in [1.29, 1.82) is 0 Å². The van der Waals surface area contributed by atoms with Crippen molar-refractivity contribution in [3.63, 3.8) is 0 Å². The molecule has 4 nitrogen and oxygen atoms in total. The minimum absolute atomic E-state index is 0.808. The zero-order valence-corrected chi connectivity index (χ0v) is 9.02. The highest BCUT2D eigenvalue weighted by molar-refractivity contribution is 5.58. The van der Waals surface area contributed by atoms with Crippen molar-refractivity contribution >= 4 is 11.4 Å². The van der Waals surface area contributed by atoms with Gasteiger partial charge in [-0.2, -0.15) is 0 Å². The number of ether oxygens (including phenoxy) is 1. The molecule has 0 spiro atoms. The zero-order valence-electron chi connectivity index (χ0n) is 9.02. The number of rotatable bonds is 2. The molecule has 2 rings (SSSR count). The summed E-state index contributed by atoms with van der Waals surface area (Å²) in [5, 5.41) is 1.63. The average Bonchev–Trinajstić information content (AvgIpc) is 2.30. The van der Waals surface area contributed by atoms with E-state index in [0.29, 0.717) is 0 Å². The lowest BCUT2D eigenvalue weighted by atomic mass is 10.2. The Morgan fingerprint density at radius 1 is 1.33 bits per heavy atom. The third kappa shape index (κ3) is 2.40. The highest BCUT2D eigenvalue weighted by Crippen LogP contribution is 2.21. The summed E-state index contributed by atoms with van der Waals surface area (Å²) in [6.45, 7) is 3.53. The van der Waals surface area contributed by atoms with Crippen LogP contribution in [0.25, 0.3) is 0 Å². The quantitative estimate of drug-likeness (QED) is 0.576. The Labute approximate surface area is 90.2 Å². The topological polar surface area (TPSA) is 41.7 Å². The monoisotopic (exact) mass is 207 g/mol. The number of hydrogen-bond donors (Lipinski definition) is 1. The van der Waals surface area contributed by atoms with E-state index in [0.717, 1.165) is 32.0 Å². The van der Waals surface area contributed by atoms with E-state index in [9.17, 15) is 0 Å². The highest BCUT2D eigenvalue weighted by atomic mass is 16.5. The molecule has 1 aliphatic rings. The number of hydrazine groups is 1. The second-order valence-corrected chi connectivity index (χ2v) is 3.73. The van der Waals surface area contributed by atoms with Crippen LogP contribution in [-0.4, -0.2) is 33.4 Å². The Bertz CT molecular complexity index is 321. The van der Waals surface area contributed by atoms with Crippen LogP contribution in [0.3, 0.4) is 0 Å². The fourth-order valence-corrected chi connectivity index (χ4v) is 1.73. The van der Waals surface area contributed by atoms with Gasteiger partial charge in [0.2, 0.25) is 0 Å². The summed E-state index contributed by atoms with van der Waals surface area (Å²) in [4.78, 5) is 2.32. The van der Waals surface area contributed by atoms with Gasteiger partial charge in [0, 0.05) is 25.8 Å². The van der Waals surface area contributed by atoms with E-state index in [4.69, 9.17) is 10.6 Å². The van der Waals surface area contributed by atoms with Gasteiger partial charge in [0.25, 0.3) is 0 Å². The van der Waals surface area contributed by atoms with Crippen molar-refractivity contribution in [3.05, 3.63) is 24.3 Å². The van der Waals surface area contributed by atoms with Crippen LogP contribution in [0.15, 0.2) is 24.3 Å². The maximum atomic E-state index is 5.70. The number of benzene rings is 1. The lowest BCUT2D eigenvalue weighted by molar-refractivity contribution is 0.122. The van der Waals surface area contributed by atoms with Crippen molar-refractivity contribution in [3.8, 4) is 0 Å². The van der Waals surface area contributed by atoms with Gasteiger partial charge in [-0.3, -0.25) is 0 Å². The molecule has 1 aliphatic heterocycles. The van der Waals surface area contributed by atoms with Crippen LogP contribution in [0, 0.1) is 0 Å². The third-order valence-electron chi connectivity index (χ3n) is 2.61. The molecular formula is C11H17N3O. The third-order valence-corrected chi connectivity index (χ3v) is 2.61. The Balaban J connectivity index is 2.16. The Morgan fingerprint density at radius 3 is 2.73 bits per heavy atom.